The highest BCUT2D eigenvalue weighted by atomic mass is 16.2. The molecule has 2 rings (SSSR count). The lowest BCUT2D eigenvalue weighted by Crippen LogP contribution is -2.28. The molecular formula is C15H20N2O2. The summed E-state index contributed by atoms with van der Waals surface area (Å²) in [6, 6.07) is 5.81. The molecule has 4 heteroatoms. The van der Waals surface area contributed by atoms with Gasteiger partial charge in [-0.15, -0.1) is 0 Å². The smallest absolute Gasteiger partial charge is 0.224 e. The third-order valence-electron chi connectivity index (χ3n) is 3.14. The molecule has 0 saturated heterocycles. The predicted octanol–water partition coefficient (Wildman–Crippen LogP) is 1.89. The van der Waals surface area contributed by atoms with Gasteiger partial charge >= 0.3 is 0 Å². The zero-order valence-electron chi connectivity index (χ0n) is 11.5. The fraction of sp³-hybridized carbons (Fsp3) is 0.467. The Hall–Kier alpha value is -1.84. The lowest BCUT2D eigenvalue weighted by molar-refractivity contribution is -0.120. The molecule has 0 aliphatic carbocycles. The van der Waals surface area contributed by atoms with Crippen LogP contribution >= 0.6 is 0 Å². The molecule has 0 spiro atoms. The van der Waals surface area contributed by atoms with E-state index < -0.39 is 0 Å². The summed E-state index contributed by atoms with van der Waals surface area (Å²) in [7, 11) is 0. The third-order valence-corrected chi connectivity index (χ3v) is 3.14. The maximum Gasteiger partial charge on any atom is 0.224 e. The quantitative estimate of drug-likeness (QED) is 0.868. The first-order chi connectivity index (χ1) is 9.04. The molecule has 19 heavy (non-hydrogen) atoms. The predicted molar refractivity (Wildman–Crippen MR) is 74.9 cm³/mol. The number of hydrogen-bond acceptors (Lipinski definition) is 2. The molecule has 0 atom stereocenters. The second kappa shape index (κ2) is 5.87. The maximum atomic E-state index is 11.8. The van der Waals surface area contributed by atoms with Crippen LogP contribution in [0.5, 0.6) is 0 Å². The molecule has 0 unspecified atom stereocenters. The molecule has 1 aliphatic rings. The monoisotopic (exact) mass is 260 g/mol. The van der Waals surface area contributed by atoms with Crippen LogP contribution in [-0.4, -0.2) is 18.4 Å². The summed E-state index contributed by atoms with van der Waals surface area (Å²) in [6.45, 7) is 4.85. The van der Waals surface area contributed by atoms with E-state index in [9.17, 15) is 9.59 Å². The number of amides is 2. The van der Waals surface area contributed by atoms with Gasteiger partial charge in [0.25, 0.3) is 0 Å². The molecule has 0 aromatic heterocycles. The van der Waals surface area contributed by atoms with E-state index in [4.69, 9.17) is 0 Å². The van der Waals surface area contributed by atoms with E-state index in [-0.39, 0.29) is 11.8 Å². The van der Waals surface area contributed by atoms with E-state index in [2.05, 4.69) is 24.5 Å². The number of benzene rings is 1. The van der Waals surface area contributed by atoms with Crippen LogP contribution in [0, 0.1) is 5.92 Å². The van der Waals surface area contributed by atoms with E-state index in [0.29, 0.717) is 25.3 Å². The average molecular weight is 260 g/mol. The number of anilines is 1. The van der Waals surface area contributed by atoms with Crippen molar-refractivity contribution in [1.82, 2.24) is 5.32 Å². The third kappa shape index (κ3) is 3.81. The molecule has 4 nitrogen and oxygen atoms in total. The summed E-state index contributed by atoms with van der Waals surface area (Å²) in [4.78, 5) is 23.0. The van der Waals surface area contributed by atoms with Gasteiger partial charge in [-0.25, -0.2) is 0 Å². The topological polar surface area (TPSA) is 58.2 Å². The van der Waals surface area contributed by atoms with Crippen LogP contribution in [0.4, 0.5) is 5.69 Å². The van der Waals surface area contributed by atoms with Crippen molar-refractivity contribution in [3.8, 4) is 0 Å². The Labute approximate surface area is 113 Å². The summed E-state index contributed by atoms with van der Waals surface area (Å²) >= 11 is 0. The number of rotatable bonds is 4. The minimum atomic E-state index is 0.0495. The van der Waals surface area contributed by atoms with Gasteiger partial charge in [-0.3, -0.25) is 9.59 Å². The Kier molecular flexibility index (Phi) is 4.20. The molecule has 0 bridgehead atoms. The first-order valence-corrected chi connectivity index (χ1v) is 6.73. The fourth-order valence-corrected chi connectivity index (χ4v) is 2.11. The molecule has 2 amide bonds. The summed E-state index contributed by atoms with van der Waals surface area (Å²) in [5.74, 6) is 0.575. The second-order valence-corrected chi connectivity index (χ2v) is 5.41. The number of carbonyl (C=O) groups is 2. The van der Waals surface area contributed by atoms with E-state index in [1.165, 1.54) is 0 Å². The van der Waals surface area contributed by atoms with Gasteiger partial charge in [0.15, 0.2) is 0 Å². The lowest BCUT2D eigenvalue weighted by Gasteiger charge is -2.17. The van der Waals surface area contributed by atoms with Gasteiger partial charge in [0.05, 0.1) is 6.42 Å². The van der Waals surface area contributed by atoms with Crippen LogP contribution in [0.15, 0.2) is 18.2 Å². The summed E-state index contributed by atoms with van der Waals surface area (Å²) < 4.78 is 0. The Morgan fingerprint density at radius 3 is 2.89 bits per heavy atom. The van der Waals surface area contributed by atoms with Crippen molar-refractivity contribution in [2.24, 2.45) is 5.92 Å². The number of nitrogens with one attached hydrogen (secondary N) is 2. The Bertz CT molecular complexity index is 495. The largest absolute Gasteiger partial charge is 0.356 e. The normalized spacial score (nSPS) is 13.9. The summed E-state index contributed by atoms with van der Waals surface area (Å²) in [5, 5.41) is 5.75. The molecule has 2 N–H and O–H groups in total. The molecule has 1 aliphatic heterocycles. The minimum Gasteiger partial charge on any atom is -0.356 e. The van der Waals surface area contributed by atoms with Gasteiger partial charge in [-0.05, 0) is 29.5 Å². The van der Waals surface area contributed by atoms with Crippen molar-refractivity contribution in [1.29, 1.82) is 0 Å². The van der Waals surface area contributed by atoms with Crippen LogP contribution in [0.2, 0.25) is 0 Å². The highest BCUT2D eigenvalue weighted by molar-refractivity contribution is 5.94. The van der Waals surface area contributed by atoms with Crippen molar-refractivity contribution < 1.29 is 9.59 Å². The van der Waals surface area contributed by atoms with Crippen LogP contribution in [0.1, 0.15) is 31.4 Å². The molecule has 0 saturated carbocycles. The van der Waals surface area contributed by atoms with Crippen molar-refractivity contribution in [3.05, 3.63) is 29.3 Å². The number of fused-ring (bicyclic) bond motifs is 1. The number of aryl methyl sites for hydroxylation is 1. The molecule has 0 radical (unpaired) electrons. The van der Waals surface area contributed by atoms with Gasteiger partial charge in [0.2, 0.25) is 11.8 Å². The highest BCUT2D eigenvalue weighted by Gasteiger charge is 2.15. The fourth-order valence-electron chi connectivity index (χ4n) is 2.11. The first kappa shape index (κ1) is 13.6. The highest BCUT2D eigenvalue weighted by Crippen LogP contribution is 2.23. The number of carbonyl (C=O) groups excluding carboxylic acids is 2. The zero-order valence-corrected chi connectivity index (χ0v) is 11.5. The second-order valence-electron chi connectivity index (χ2n) is 5.41. The molecule has 102 valence electrons. The number of hydrogen-bond donors (Lipinski definition) is 2. The average Bonchev–Trinajstić information content (AvgIpc) is 2.36. The van der Waals surface area contributed by atoms with E-state index in [1.807, 2.05) is 18.2 Å². The van der Waals surface area contributed by atoms with Crippen LogP contribution in [-0.2, 0) is 22.4 Å². The minimum absolute atomic E-state index is 0.0495. The molecule has 1 aromatic rings. The van der Waals surface area contributed by atoms with Crippen molar-refractivity contribution >= 4 is 17.5 Å². The maximum absolute atomic E-state index is 11.8. The first-order valence-electron chi connectivity index (χ1n) is 6.73. The van der Waals surface area contributed by atoms with Gasteiger partial charge < -0.3 is 10.6 Å². The Morgan fingerprint density at radius 1 is 1.37 bits per heavy atom. The van der Waals surface area contributed by atoms with Crippen molar-refractivity contribution in [3.63, 3.8) is 0 Å². The Morgan fingerprint density at radius 2 is 2.16 bits per heavy atom. The van der Waals surface area contributed by atoms with Gasteiger partial charge in [-0.1, -0.05) is 26.0 Å². The van der Waals surface area contributed by atoms with Crippen LogP contribution < -0.4 is 10.6 Å². The molecular weight excluding hydrogens is 240 g/mol. The summed E-state index contributed by atoms with van der Waals surface area (Å²) in [6.07, 6.45) is 1.67. The van der Waals surface area contributed by atoms with Gasteiger partial charge in [0, 0.05) is 18.7 Å². The molecule has 0 fully saturated rings. The van der Waals surface area contributed by atoms with Crippen molar-refractivity contribution in [2.45, 2.75) is 33.1 Å². The lowest BCUT2D eigenvalue weighted by atomic mass is 9.99. The molecule has 1 aromatic carbocycles. The Balaban J connectivity index is 1.98. The van der Waals surface area contributed by atoms with E-state index in [1.54, 1.807) is 0 Å². The van der Waals surface area contributed by atoms with Gasteiger partial charge in [0.1, 0.15) is 0 Å². The van der Waals surface area contributed by atoms with E-state index >= 15 is 0 Å². The standard InChI is InChI=1S/C15H20N2O2/c1-10(2)9-16-15(19)8-11-3-5-13-12(7-11)4-6-14(18)17-13/h3,5,7,10H,4,6,8-9H2,1-2H3,(H,16,19)(H,17,18). The van der Waals surface area contributed by atoms with Crippen molar-refractivity contribution in [2.75, 3.05) is 11.9 Å². The zero-order chi connectivity index (χ0) is 13.8. The molecule has 1 heterocycles. The van der Waals surface area contributed by atoms with E-state index in [0.717, 1.165) is 23.2 Å². The van der Waals surface area contributed by atoms with Crippen LogP contribution in [0.25, 0.3) is 0 Å². The van der Waals surface area contributed by atoms with Crippen LogP contribution in [0.3, 0.4) is 0 Å². The van der Waals surface area contributed by atoms with Gasteiger partial charge in [-0.2, -0.15) is 0 Å². The SMILES string of the molecule is CC(C)CNC(=O)Cc1ccc2c(c1)CCC(=O)N2. The summed E-state index contributed by atoms with van der Waals surface area (Å²) in [5.41, 5.74) is 2.99.